The monoisotopic (exact) mass is 291 g/mol. The molecular weight excluding hydrogens is 274 g/mol. The number of thiazole rings is 1. The van der Waals surface area contributed by atoms with E-state index in [0.29, 0.717) is 5.56 Å². The molecule has 0 aliphatic rings. The molecular formula is C14H17N3O2S. The summed E-state index contributed by atoms with van der Waals surface area (Å²) in [5.74, 6) is 0. The van der Waals surface area contributed by atoms with Crippen LogP contribution in [0.1, 0.15) is 34.1 Å². The van der Waals surface area contributed by atoms with Crippen molar-refractivity contribution in [2.24, 2.45) is 0 Å². The number of nitro benzene ring substituents is 1. The molecule has 5 nitrogen and oxygen atoms in total. The molecule has 0 amide bonds. The molecule has 0 aliphatic carbocycles. The molecule has 0 bridgehead atoms. The van der Waals surface area contributed by atoms with Crippen LogP contribution in [-0.4, -0.2) is 9.91 Å². The van der Waals surface area contributed by atoms with Gasteiger partial charge in [-0.2, -0.15) is 0 Å². The van der Waals surface area contributed by atoms with E-state index >= 15 is 0 Å². The van der Waals surface area contributed by atoms with Crippen molar-refractivity contribution in [3.8, 4) is 0 Å². The lowest BCUT2D eigenvalue weighted by atomic mass is 10.1. The van der Waals surface area contributed by atoms with Crippen LogP contribution in [0.15, 0.2) is 18.2 Å². The number of aromatic nitrogens is 1. The third kappa shape index (κ3) is 2.80. The van der Waals surface area contributed by atoms with E-state index in [0.717, 1.165) is 21.3 Å². The molecule has 0 spiro atoms. The van der Waals surface area contributed by atoms with Gasteiger partial charge in [-0.3, -0.25) is 10.1 Å². The van der Waals surface area contributed by atoms with Gasteiger partial charge < -0.3 is 5.32 Å². The van der Waals surface area contributed by atoms with Gasteiger partial charge in [0.2, 0.25) is 0 Å². The van der Waals surface area contributed by atoms with Gasteiger partial charge in [-0.15, -0.1) is 11.3 Å². The molecule has 0 radical (unpaired) electrons. The maximum atomic E-state index is 11.0. The molecule has 0 saturated carbocycles. The number of nitrogens with one attached hydrogen (secondary N) is 1. The van der Waals surface area contributed by atoms with Gasteiger partial charge >= 0.3 is 0 Å². The number of aryl methyl sites for hydroxylation is 2. The Morgan fingerprint density at radius 2 is 2.05 bits per heavy atom. The fourth-order valence-electron chi connectivity index (χ4n) is 2.23. The number of benzene rings is 1. The second-order valence-corrected chi connectivity index (χ2v) is 5.99. The molecule has 6 heteroatoms. The quantitative estimate of drug-likeness (QED) is 0.678. The zero-order valence-electron chi connectivity index (χ0n) is 11.9. The van der Waals surface area contributed by atoms with Gasteiger partial charge in [-0.25, -0.2) is 4.98 Å². The fourth-order valence-corrected chi connectivity index (χ4v) is 3.16. The van der Waals surface area contributed by atoms with Crippen molar-refractivity contribution in [1.82, 2.24) is 4.98 Å². The summed E-state index contributed by atoms with van der Waals surface area (Å²) in [6.07, 6.45) is 0. The lowest BCUT2D eigenvalue weighted by Gasteiger charge is -2.16. The van der Waals surface area contributed by atoms with E-state index in [1.165, 1.54) is 6.07 Å². The average molecular weight is 291 g/mol. The summed E-state index contributed by atoms with van der Waals surface area (Å²) in [6, 6.07) is 5.15. The first-order valence-corrected chi connectivity index (χ1v) is 7.16. The first-order valence-electron chi connectivity index (χ1n) is 6.34. The van der Waals surface area contributed by atoms with E-state index in [2.05, 4.69) is 10.3 Å². The molecule has 2 rings (SSSR count). The minimum atomic E-state index is -0.354. The van der Waals surface area contributed by atoms with Crippen LogP contribution in [0.4, 0.5) is 11.4 Å². The second-order valence-electron chi connectivity index (χ2n) is 4.76. The molecule has 20 heavy (non-hydrogen) atoms. The predicted octanol–water partition coefficient (Wildman–Crippen LogP) is 4.15. The Bertz CT molecular complexity index is 652. The van der Waals surface area contributed by atoms with Crippen molar-refractivity contribution < 1.29 is 4.92 Å². The topological polar surface area (TPSA) is 68.1 Å². The third-order valence-corrected chi connectivity index (χ3v) is 4.46. The van der Waals surface area contributed by atoms with E-state index in [4.69, 9.17) is 0 Å². The van der Waals surface area contributed by atoms with Crippen LogP contribution in [0.25, 0.3) is 0 Å². The van der Waals surface area contributed by atoms with Crippen LogP contribution in [0.5, 0.6) is 0 Å². The molecule has 1 unspecified atom stereocenters. The summed E-state index contributed by atoms with van der Waals surface area (Å²) in [6.45, 7) is 7.76. The van der Waals surface area contributed by atoms with Crippen molar-refractivity contribution in [2.45, 2.75) is 33.7 Å². The van der Waals surface area contributed by atoms with Crippen LogP contribution in [0.3, 0.4) is 0 Å². The Morgan fingerprint density at radius 1 is 1.35 bits per heavy atom. The Hall–Kier alpha value is -1.95. The average Bonchev–Trinajstić information content (AvgIpc) is 2.70. The second kappa shape index (κ2) is 5.58. The number of nitrogens with zero attached hydrogens (tertiary/aromatic N) is 2. The van der Waals surface area contributed by atoms with Crippen LogP contribution in [-0.2, 0) is 0 Å². The minimum Gasteiger partial charge on any atom is -0.377 e. The smallest absolute Gasteiger partial charge is 0.274 e. The highest BCUT2D eigenvalue weighted by atomic mass is 32.1. The summed E-state index contributed by atoms with van der Waals surface area (Å²) < 4.78 is 0. The molecule has 1 atom stereocenters. The number of nitro groups is 1. The SMILES string of the molecule is Cc1nc(C)c(C(C)Nc2cccc([N+](=O)[O-])c2C)s1. The zero-order valence-corrected chi connectivity index (χ0v) is 12.7. The van der Waals surface area contributed by atoms with Gasteiger partial charge in [0.05, 0.1) is 21.7 Å². The summed E-state index contributed by atoms with van der Waals surface area (Å²) in [5.41, 5.74) is 2.59. The van der Waals surface area contributed by atoms with Gasteiger partial charge in [0.25, 0.3) is 5.69 Å². The van der Waals surface area contributed by atoms with Crippen molar-refractivity contribution >= 4 is 22.7 Å². The standard InChI is InChI=1S/C14H17N3O2S/c1-8-12(6-5-7-13(8)17(18)19)16-10(3)14-9(2)15-11(4)20-14/h5-7,10,16H,1-4H3. The van der Waals surface area contributed by atoms with Crippen molar-refractivity contribution in [1.29, 1.82) is 0 Å². The van der Waals surface area contributed by atoms with Gasteiger partial charge in [0.1, 0.15) is 0 Å². The van der Waals surface area contributed by atoms with E-state index in [1.54, 1.807) is 24.3 Å². The number of hydrogen-bond acceptors (Lipinski definition) is 5. The lowest BCUT2D eigenvalue weighted by Crippen LogP contribution is -2.08. The first-order chi connectivity index (χ1) is 9.40. The minimum absolute atomic E-state index is 0.0712. The Balaban J connectivity index is 2.28. The Kier molecular flexibility index (Phi) is 4.04. The van der Waals surface area contributed by atoms with Crippen molar-refractivity contribution in [2.75, 3.05) is 5.32 Å². The molecule has 1 N–H and O–H groups in total. The van der Waals surface area contributed by atoms with Gasteiger partial charge in [-0.05, 0) is 33.8 Å². The third-order valence-electron chi connectivity index (χ3n) is 3.21. The largest absolute Gasteiger partial charge is 0.377 e. The molecule has 0 fully saturated rings. The van der Waals surface area contributed by atoms with Crippen LogP contribution < -0.4 is 5.32 Å². The number of hydrogen-bond donors (Lipinski definition) is 1. The highest BCUT2D eigenvalue weighted by Gasteiger charge is 2.17. The summed E-state index contributed by atoms with van der Waals surface area (Å²) >= 11 is 1.65. The van der Waals surface area contributed by atoms with Gasteiger partial charge in [-0.1, -0.05) is 6.07 Å². The Morgan fingerprint density at radius 3 is 2.60 bits per heavy atom. The van der Waals surface area contributed by atoms with E-state index in [9.17, 15) is 10.1 Å². The van der Waals surface area contributed by atoms with Crippen LogP contribution >= 0.6 is 11.3 Å². The fraction of sp³-hybridized carbons (Fsp3) is 0.357. The van der Waals surface area contributed by atoms with E-state index in [1.807, 2.05) is 26.8 Å². The number of rotatable bonds is 4. The first kappa shape index (κ1) is 14.5. The molecule has 1 aromatic heterocycles. The predicted molar refractivity (Wildman–Crippen MR) is 81.5 cm³/mol. The zero-order chi connectivity index (χ0) is 14.9. The normalized spacial score (nSPS) is 12.2. The van der Waals surface area contributed by atoms with Crippen molar-refractivity contribution in [3.05, 3.63) is 49.5 Å². The van der Waals surface area contributed by atoms with E-state index < -0.39 is 0 Å². The van der Waals surface area contributed by atoms with Crippen molar-refractivity contribution in [3.63, 3.8) is 0 Å². The van der Waals surface area contributed by atoms with Gasteiger partial charge in [0, 0.05) is 22.2 Å². The highest BCUT2D eigenvalue weighted by molar-refractivity contribution is 7.11. The van der Waals surface area contributed by atoms with Crippen LogP contribution in [0.2, 0.25) is 0 Å². The van der Waals surface area contributed by atoms with Gasteiger partial charge in [0.15, 0.2) is 0 Å². The lowest BCUT2D eigenvalue weighted by molar-refractivity contribution is -0.385. The molecule has 0 aliphatic heterocycles. The maximum Gasteiger partial charge on any atom is 0.274 e. The summed E-state index contributed by atoms with van der Waals surface area (Å²) in [5, 5.41) is 15.3. The molecule has 106 valence electrons. The number of anilines is 1. The molecule has 1 aromatic carbocycles. The van der Waals surface area contributed by atoms with E-state index in [-0.39, 0.29) is 16.7 Å². The summed E-state index contributed by atoms with van der Waals surface area (Å²) in [7, 11) is 0. The maximum absolute atomic E-state index is 11.0. The molecule has 0 saturated heterocycles. The van der Waals surface area contributed by atoms with Crippen LogP contribution in [0, 0.1) is 30.9 Å². The Labute approximate surface area is 121 Å². The molecule has 1 heterocycles. The summed E-state index contributed by atoms with van der Waals surface area (Å²) in [4.78, 5) is 16.2. The highest BCUT2D eigenvalue weighted by Crippen LogP contribution is 2.31. The molecule has 2 aromatic rings.